The fraction of sp³-hybridized carbons (Fsp3) is 0.200. The van der Waals surface area contributed by atoms with Gasteiger partial charge in [0.1, 0.15) is 12.9 Å². The number of nitriles is 1. The van der Waals surface area contributed by atoms with Gasteiger partial charge in [0.05, 0.1) is 12.1 Å². The summed E-state index contributed by atoms with van der Waals surface area (Å²) in [5, 5.41) is 24.7. The Labute approximate surface area is 85.9 Å². The average Bonchev–Trinajstić information content (AvgIpc) is 2.68. The Morgan fingerprint density at radius 3 is 3.13 bits per heavy atom. The second kappa shape index (κ2) is 4.09. The maximum Gasteiger partial charge on any atom is 0.170 e. The highest BCUT2D eigenvalue weighted by Gasteiger charge is 2.05. The third-order valence-corrected chi connectivity index (χ3v) is 2.09. The molecule has 76 valence electrons. The topological polar surface area (TPSA) is 81.9 Å². The molecule has 0 atom stereocenters. The number of hydrogen-bond donors (Lipinski definition) is 2. The van der Waals surface area contributed by atoms with E-state index in [-0.39, 0.29) is 6.79 Å². The number of fused-ring (bicyclic) bond motifs is 1. The molecule has 1 heterocycles. The van der Waals surface area contributed by atoms with Gasteiger partial charge in [-0.3, -0.25) is 5.10 Å². The molecule has 0 aliphatic heterocycles. The largest absolute Gasteiger partial charge is 0.371 e. The minimum Gasteiger partial charge on any atom is -0.371 e. The normalized spacial score (nSPS) is 10.4. The van der Waals surface area contributed by atoms with Crippen molar-refractivity contribution in [1.29, 1.82) is 5.26 Å². The molecule has 15 heavy (non-hydrogen) atoms. The summed E-state index contributed by atoms with van der Waals surface area (Å²) < 4.78 is 4.86. The van der Waals surface area contributed by atoms with Crippen LogP contribution < -0.4 is 0 Å². The molecule has 5 heteroatoms. The highest BCUT2D eigenvalue weighted by atomic mass is 16.6. The van der Waals surface area contributed by atoms with E-state index in [9.17, 15) is 0 Å². The number of hydrogen-bond acceptors (Lipinski definition) is 4. The van der Waals surface area contributed by atoms with E-state index in [0.717, 1.165) is 16.5 Å². The summed E-state index contributed by atoms with van der Waals surface area (Å²) in [7, 11) is 0. The van der Waals surface area contributed by atoms with Crippen LogP contribution in [0.3, 0.4) is 0 Å². The molecule has 2 N–H and O–H groups in total. The van der Waals surface area contributed by atoms with Gasteiger partial charge in [0.25, 0.3) is 0 Å². The molecule has 0 aliphatic carbocycles. The molecule has 0 amide bonds. The summed E-state index contributed by atoms with van der Waals surface area (Å²) in [6.07, 6.45) is 0. The van der Waals surface area contributed by atoms with E-state index in [4.69, 9.17) is 15.1 Å². The molecule has 0 spiro atoms. The maximum atomic E-state index is 8.79. The lowest BCUT2D eigenvalue weighted by Gasteiger charge is -2.00. The van der Waals surface area contributed by atoms with Crippen molar-refractivity contribution in [3.8, 4) is 6.07 Å². The zero-order valence-electron chi connectivity index (χ0n) is 7.90. The van der Waals surface area contributed by atoms with Crippen LogP contribution in [0.5, 0.6) is 0 Å². The van der Waals surface area contributed by atoms with E-state index in [0.29, 0.717) is 12.3 Å². The second-order valence-corrected chi connectivity index (χ2v) is 3.04. The van der Waals surface area contributed by atoms with E-state index in [1.807, 2.05) is 24.3 Å². The Bertz CT molecular complexity index is 513. The lowest BCUT2D eigenvalue weighted by atomic mass is 10.1. The Hall–Kier alpha value is -1.90. The van der Waals surface area contributed by atoms with Crippen LogP contribution in [0.15, 0.2) is 18.2 Å². The Morgan fingerprint density at radius 2 is 2.40 bits per heavy atom. The number of aliphatic hydroxyl groups excluding tert-OH is 1. The van der Waals surface area contributed by atoms with Crippen molar-refractivity contribution >= 4 is 10.9 Å². The monoisotopic (exact) mass is 203 g/mol. The van der Waals surface area contributed by atoms with Crippen molar-refractivity contribution in [3.05, 3.63) is 29.5 Å². The van der Waals surface area contributed by atoms with Gasteiger partial charge in [0.15, 0.2) is 5.69 Å². The standard InChI is InChI=1S/C10H9N3O2/c11-4-10-8-3-7(5-15-6-14)1-2-9(8)12-13-10/h1-3,14H,5-6H2,(H,12,13). The molecule has 0 radical (unpaired) electrons. The lowest BCUT2D eigenvalue weighted by Crippen LogP contribution is -1.93. The van der Waals surface area contributed by atoms with Crippen LogP contribution in [0.25, 0.3) is 10.9 Å². The first-order valence-corrected chi connectivity index (χ1v) is 4.41. The van der Waals surface area contributed by atoms with Crippen LogP contribution in [-0.2, 0) is 11.3 Å². The first kappa shape index (κ1) is 9.65. The molecule has 0 fully saturated rings. The van der Waals surface area contributed by atoms with E-state index >= 15 is 0 Å². The van der Waals surface area contributed by atoms with E-state index in [2.05, 4.69) is 10.2 Å². The molecule has 0 saturated heterocycles. The van der Waals surface area contributed by atoms with Crippen LogP contribution in [0.4, 0.5) is 0 Å². The number of aromatic amines is 1. The molecule has 1 aromatic carbocycles. The van der Waals surface area contributed by atoms with Gasteiger partial charge in [-0.15, -0.1) is 0 Å². The second-order valence-electron chi connectivity index (χ2n) is 3.04. The first-order valence-electron chi connectivity index (χ1n) is 4.41. The van der Waals surface area contributed by atoms with Crippen LogP contribution in [0, 0.1) is 11.3 Å². The van der Waals surface area contributed by atoms with Crippen molar-refractivity contribution in [1.82, 2.24) is 10.2 Å². The number of benzene rings is 1. The molecular formula is C10H9N3O2. The molecule has 0 bridgehead atoms. The number of H-pyrrole nitrogens is 1. The number of nitrogens with zero attached hydrogens (tertiary/aromatic N) is 2. The SMILES string of the molecule is N#Cc1n[nH]c2ccc(COCO)cc12. The van der Waals surface area contributed by atoms with Crippen molar-refractivity contribution in [2.45, 2.75) is 6.61 Å². The predicted molar refractivity (Wildman–Crippen MR) is 52.7 cm³/mol. The van der Waals surface area contributed by atoms with E-state index in [1.54, 1.807) is 0 Å². The van der Waals surface area contributed by atoms with Crippen LogP contribution in [0.1, 0.15) is 11.3 Å². The third kappa shape index (κ3) is 1.81. The Kier molecular flexibility index (Phi) is 2.63. The number of nitrogens with one attached hydrogen (secondary N) is 1. The van der Waals surface area contributed by atoms with Gasteiger partial charge < -0.3 is 9.84 Å². The molecule has 2 aromatic rings. The minimum atomic E-state index is -0.311. The first-order chi connectivity index (χ1) is 7.35. The predicted octanol–water partition coefficient (Wildman–Crippen LogP) is 0.901. The smallest absolute Gasteiger partial charge is 0.170 e. The van der Waals surface area contributed by atoms with Crippen molar-refractivity contribution in [2.24, 2.45) is 0 Å². The number of aliphatic hydroxyl groups is 1. The van der Waals surface area contributed by atoms with E-state index < -0.39 is 0 Å². The van der Waals surface area contributed by atoms with Gasteiger partial charge >= 0.3 is 0 Å². The number of rotatable bonds is 3. The molecule has 0 aliphatic rings. The Morgan fingerprint density at radius 1 is 1.53 bits per heavy atom. The van der Waals surface area contributed by atoms with Crippen LogP contribution >= 0.6 is 0 Å². The summed E-state index contributed by atoms with van der Waals surface area (Å²) in [6.45, 7) is 0.0109. The molecule has 0 saturated carbocycles. The van der Waals surface area contributed by atoms with Crippen LogP contribution in [-0.4, -0.2) is 22.1 Å². The molecular weight excluding hydrogens is 194 g/mol. The molecule has 5 nitrogen and oxygen atoms in total. The summed E-state index contributed by atoms with van der Waals surface area (Å²) in [6, 6.07) is 7.52. The van der Waals surface area contributed by atoms with Crippen molar-refractivity contribution in [2.75, 3.05) is 6.79 Å². The molecule has 2 rings (SSSR count). The zero-order chi connectivity index (χ0) is 10.7. The molecule has 0 unspecified atom stereocenters. The van der Waals surface area contributed by atoms with Gasteiger partial charge in [0.2, 0.25) is 0 Å². The van der Waals surface area contributed by atoms with Crippen molar-refractivity contribution < 1.29 is 9.84 Å². The van der Waals surface area contributed by atoms with Gasteiger partial charge in [-0.25, -0.2) is 0 Å². The zero-order valence-corrected chi connectivity index (χ0v) is 7.90. The Balaban J connectivity index is 2.40. The quantitative estimate of drug-likeness (QED) is 0.726. The van der Waals surface area contributed by atoms with Crippen molar-refractivity contribution in [3.63, 3.8) is 0 Å². The summed E-state index contributed by atoms with van der Waals surface area (Å²) >= 11 is 0. The van der Waals surface area contributed by atoms with Gasteiger partial charge in [-0.1, -0.05) is 6.07 Å². The number of aromatic nitrogens is 2. The summed E-state index contributed by atoms with van der Waals surface area (Å²) in [4.78, 5) is 0. The van der Waals surface area contributed by atoms with Gasteiger partial charge in [0, 0.05) is 5.39 Å². The highest BCUT2D eigenvalue weighted by Crippen LogP contribution is 2.17. The maximum absolute atomic E-state index is 8.79. The molecule has 1 aromatic heterocycles. The van der Waals surface area contributed by atoms with Gasteiger partial charge in [-0.05, 0) is 17.7 Å². The van der Waals surface area contributed by atoms with Crippen LogP contribution in [0.2, 0.25) is 0 Å². The highest BCUT2D eigenvalue weighted by molar-refractivity contribution is 5.84. The fourth-order valence-corrected chi connectivity index (χ4v) is 1.40. The summed E-state index contributed by atoms with van der Waals surface area (Å²) in [5.41, 5.74) is 2.09. The van der Waals surface area contributed by atoms with E-state index in [1.165, 1.54) is 0 Å². The minimum absolute atomic E-state index is 0.311. The third-order valence-electron chi connectivity index (χ3n) is 2.09. The van der Waals surface area contributed by atoms with Gasteiger partial charge in [-0.2, -0.15) is 10.4 Å². The lowest BCUT2D eigenvalue weighted by molar-refractivity contribution is -0.0112. The number of ether oxygens (including phenoxy) is 1. The fourth-order valence-electron chi connectivity index (χ4n) is 1.40. The summed E-state index contributed by atoms with van der Waals surface area (Å²) in [5.74, 6) is 0. The average molecular weight is 203 g/mol.